The summed E-state index contributed by atoms with van der Waals surface area (Å²) in [6, 6.07) is 8.50. The van der Waals surface area contributed by atoms with Gasteiger partial charge in [-0.2, -0.15) is 0 Å². The maximum Gasteiger partial charge on any atom is 0.0559 e. The monoisotopic (exact) mass is 331 g/mol. The fourth-order valence-corrected chi connectivity index (χ4v) is 3.33. The molecule has 2 rings (SSSR count). The van der Waals surface area contributed by atoms with Crippen molar-refractivity contribution in [2.75, 3.05) is 0 Å². The molecule has 0 saturated carbocycles. The van der Waals surface area contributed by atoms with Crippen LogP contribution in [0.3, 0.4) is 0 Å². The summed E-state index contributed by atoms with van der Waals surface area (Å²) >= 11 is 3.51. The first-order valence-electron chi connectivity index (χ1n) is 6.92. The average Bonchev–Trinajstić information content (AvgIpc) is 2.36. The van der Waals surface area contributed by atoms with Crippen molar-refractivity contribution >= 4 is 15.9 Å². The molecule has 1 nitrogen and oxygen atoms in total. The second kappa shape index (κ2) is 5.71. The van der Waals surface area contributed by atoms with E-state index in [1.165, 1.54) is 38.9 Å². The van der Waals surface area contributed by atoms with Crippen LogP contribution in [0.5, 0.6) is 0 Å². The fourth-order valence-electron chi connectivity index (χ4n) is 2.86. The van der Waals surface area contributed by atoms with Gasteiger partial charge in [0.05, 0.1) is 6.04 Å². The summed E-state index contributed by atoms with van der Waals surface area (Å²) in [5.74, 6) is 0. The van der Waals surface area contributed by atoms with Gasteiger partial charge in [-0.3, -0.25) is 0 Å². The molecular formula is C18H22BrN. The normalized spacial score (nSPS) is 12.6. The van der Waals surface area contributed by atoms with Gasteiger partial charge in [0.25, 0.3) is 0 Å². The summed E-state index contributed by atoms with van der Waals surface area (Å²) in [5, 5.41) is 0. The van der Waals surface area contributed by atoms with Crippen molar-refractivity contribution in [3.63, 3.8) is 0 Å². The third kappa shape index (κ3) is 2.68. The van der Waals surface area contributed by atoms with Gasteiger partial charge in [0.2, 0.25) is 0 Å². The van der Waals surface area contributed by atoms with Crippen LogP contribution in [0, 0.1) is 34.6 Å². The third-order valence-corrected chi connectivity index (χ3v) is 4.80. The third-order valence-electron chi connectivity index (χ3n) is 4.30. The smallest absolute Gasteiger partial charge is 0.0559 e. The summed E-state index contributed by atoms with van der Waals surface area (Å²) in [4.78, 5) is 0. The van der Waals surface area contributed by atoms with Crippen LogP contribution in [-0.2, 0) is 0 Å². The summed E-state index contributed by atoms with van der Waals surface area (Å²) in [6.07, 6.45) is 0. The maximum atomic E-state index is 6.59. The molecule has 0 bridgehead atoms. The van der Waals surface area contributed by atoms with E-state index < -0.39 is 0 Å². The largest absolute Gasteiger partial charge is 0.320 e. The van der Waals surface area contributed by atoms with Crippen LogP contribution in [0.4, 0.5) is 0 Å². The first-order valence-corrected chi connectivity index (χ1v) is 7.71. The Morgan fingerprint density at radius 3 is 1.90 bits per heavy atom. The quantitative estimate of drug-likeness (QED) is 0.819. The minimum atomic E-state index is -0.0679. The SMILES string of the molecule is Cc1cc(Br)ccc1C(N)c1c(C)c(C)cc(C)c1C. The minimum absolute atomic E-state index is 0.0679. The minimum Gasteiger partial charge on any atom is -0.320 e. The second-order valence-corrected chi connectivity index (χ2v) is 6.57. The van der Waals surface area contributed by atoms with Crippen molar-refractivity contribution in [3.8, 4) is 0 Å². The molecule has 20 heavy (non-hydrogen) atoms. The number of aryl methyl sites for hydroxylation is 3. The lowest BCUT2D eigenvalue weighted by atomic mass is 9.86. The lowest BCUT2D eigenvalue weighted by molar-refractivity contribution is 0.837. The van der Waals surface area contributed by atoms with E-state index >= 15 is 0 Å². The Kier molecular flexibility index (Phi) is 4.36. The van der Waals surface area contributed by atoms with E-state index in [-0.39, 0.29) is 6.04 Å². The first-order chi connectivity index (χ1) is 9.32. The van der Waals surface area contributed by atoms with Crippen molar-refractivity contribution in [1.29, 1.82) is 0 Å². The van der Waals surface area contributed by atoms with Gasteiger partial charge in [-0.15, -0.1) is 0 Å². The highest BCUT2D eigenvalue weighted by atomic mass is 79.9. The Bertz CT molecular complexity index is 633. The van der Waals surface area contributed by atoms with Crippen molar-refractivity contribution < 1.29 is 0 Å². The molecular weight excluding hydrogens is 310 g/mol. The number of halogens is 1. The van der Waals surface area contributed by atoms with Crippen LogP contribution in [-0.4, -0.2) is 0 Å². The fraction of sp³-hybridized carbons (Fsp3) is 0.333. The Hall–Kier alpha value is -1.12. The van der Waals surface area contributed by atoms with Crippen molar-refractivity contribution in [1.82, 2.24) is 0 Å². The number of nitrogens with two attached hydrogens (primary N) is 1. The number of benzene rings is 2. The van der Waals surface area contributed by atoms with Gasteiger partial charge in [-0.1, -0.05) is 28.1 Å². The van der Waals surface area contributed by atoms with Crippen LogP contribution in [0.2, 0.25) is 0 Å². The second-order valence-electron chi connectivity index (χ2n) is 5.65. The molecule has 0 heterocycles. The van der Waals surface area contributed by atoms with E-state index in [1.807, 2.05) is 0 Å². The molecule has 1 unspecified atom stereocenters. The molecule has 0 aromatic heterocycles. The van der Waals surface area contributed by atoms with Crippen molar-refractivity contribution in [2.45, 2.75) is 40.7 Å². The lowest BCUT2D eigenvalue weighted by Crippen LogP contribution is -2.17. The van der Waals surface area contributed by atoms with E-state index in [2.05, 4.69) is 74.8 Å². The highest BCUT2D eigenvalue weighted by Crippen LogP contribution is 2.32. The highest BCUT2D eigenvalue weighted by molar-refractivity contribution is 9.10. The molecule has 0 amide bonds. The first kappa shape index (κ1) is 15.3. The molecule has 2 aromatic carbocycles. The Morgan fingerprint density at radius 2 is 1.40 bits per heavy atom. The topological polar surface area (TPSA) is 26.0 Å². The zero-order valence-corrected chi connectivity index (χ0v) is 14.4. The lowest BCUT2D eigenvalue weighted by Gasteiger charge is -2.23. The van der Waals surface area contributed by atoms with Crippen LogP contribution in [0.1, 0.15) is 45.0 Å². The number of hydrogen-bond acceptors (Lipinski definition) is 1. The summed E-state index contributed by atoms with van der Waals surface area (Å²) in [5.41, 5.74) is 15.5. The molecule has 0 aliphatic carbocycles. The molecule has 0 aliphatic rings. The van der Waals surface area contributed by atoms with Crippen LogP contribution in [0.15, 0.2) is 28.7 Å². The molecule has 2 aromatic rings. The van der Waals surface area contributed by atoms with Gasteiger partial charge in [0, 0.05) is 4.47 Å². The summed E-state index contributed by atoms with van der Waals surface area (Å²) < 4.78 is 1.10. The van der Waals surface area contributed by atoms with Gasteiger partial charge in [-0.05, 0) is 85.7 Å². The van der Waals surface area contributed by atoms with E-state index in [0.29, 0.717) is 0 Å². The van der Waals surface area contributed by atoms with Gasteiger partial charge >= 0.3 is 0 Å². The van der Waals surface area contributed by atoms with Crippen LogP contribution in [0.25, 0.3) is 0 Å². The average molecular weight is 332 g/mol. The molecule has 2 heteroatoms. The van der Waals surface area contributed by atoms with E-state index in [4.69, 9.17) is 5.73 Å². The zero-order chi connectivity index (χ0) is 15.0. The van der Waals surface area contributed by atoms with E-state index in [9.17, 15) is 0 Å². The van der Waals surface area contributed by atoms with Crippen LogP contribution < -0.4 is 5.73 Å². The Labute approximate surface area is 130 Å². The van der Waals surface area contributed by atoms with E-state index in [1.54, 1.807) is 0 Å². The highest BCUT2D eigenvalue weighted by Gasteiger charge is 2.18. The molecule has 106 valence electrons. The number of hydrogen-bond donors (Lipinski definition) is 1. The van der Waals surface area contributed by atoms with Crippen molar-refractivity contribution in [2.24, 2.45) is 5.73 Å². The molecule has 1 atom stereocenters. The van der Waals surface area contributed by atoms with Gasteiger partial charge in [0.15, 0.2) is 0 Å². The Morgan fingerprint density at radius 1 is 0.850 bits per heavy atom. The Balaban J connectivity index is 2.62. The molecule has 2 N–H and O–H groups in total. The zero-order valence-electron chi connectivity index (χ0n) is 12.8. The number of rotatable bonds is 2. The summed E-state index contributed by atoms with van der Waals surface area (Å²) in [7, 11) is 0. The van der Waals surface area contributed by atoms with Gasteiger partial charge in [0.1, 0.15) is 0 Å². The summed E-state index contributed by atoms with van der Waals surface area (Å²) in [6.45, 7) is 10.8. The van der Waals surface area contributed by atoms with Crippen molar-refractivity contribution in [3.05, 3.63) is 67.7 Å². The maximum absolute atomic E-state index is 6.59. The van der Waals surface area contributed by atoms with E-state index in [0.717, 1.165) is 4.47 Å². The molecule has 0 spiro atoms. The molecule has 0 radical (unpaired) electrons. The van der Waals surface area contributed by atoms with Gasteiger partial charge in [-0.25, -0.2) is 0 Å². The van der Waals surface area contributed by atoms with Gasteiger partial charge < -0.3 is 5.73 Å². The molecule has 0 aliphatic heterocycles. The van der Waals surface area contributed by atoms with Crippen LogP contribution >= 0.6 is 15.9 Å². The molecule has 0 fully saturated rings. The predicted molar refractivity (Wildman–Crippen MR) is 90.3 cm³/mol. The molecule has 0 saturated heterocycles. The standard InChI is InChI=1S/C18H22BrN/c1-10-8-11(2)14(5)17(13(10)4)18(20)16-7-6-15(19)9-12(16)3/h6-9,18H,20H2,1-5H3. The predicted octanol–water partition coefficient (Wildman–Crippen LogP) is 5.04.